The van der Waals surface area contributed by atoms with Crippen LogP contribution in [-0.4, -0.2) is 22.3 Å². The summed E-state index contributed by atoms with van der Waals surface area (Å²) in [5.74, 6) is -0.258. The molecule has 0 bridgehead atoms. The molecule has 2 fully saturated rings. The van der Waals surface area contributed by atoms with E-state index in [0.717, 1.165) is 12.8 Å². The average Bonchev–Trinajstić information content (AvgIpc) is 2.36. The highest BCUT2D eigenvalue weighted by atomic mass is 16.6. The van der Waals surface area contributed by atoms with Gasteiger partial charge in [-0.05, 0) is 32.6 Å². The molecule has 0 aromatic heterocycles. The third kappa shape index (κ3) is 1.57. The lowest BCUT2D eigenvalue weighted by atomic mass is 9.75. The van der Waals surface area contributed by atoms with Crippen LogP contribution in [0.5, 0.6) is 0 Å². The summed E-state index contributed by atoms with van der Waals surface area (Å²) in [6, 6.07) is 0. The van der Waals surface area contributed by atoms with Crippen molar-refractivity contribution in [2.75, 3.05) is 0 Å². The molecule has 0 radical (unpaired) electrons. The zero-order valence-corrected chi connectivity index (χ0v) is 8.51. The Hall–Kier alpha value is -0.830. The van der Waals surface area contributed by atoms with Gasteiger partial charge in [0.1, 0.15) is 5.60 Å². The fraction of sp³-hybridized carbons (Fsp3) is 0.727. The van der Waals surface area contributed by atoms with Crippen LogP contribution in [0.2, 0.25) is 0 Å². The van der Waals surface area contributed by atoms with Gasteiger partial charge in [-0.1, -0.05) is 6.58 Å². The Bertz CT molecular complexity index is 263. The van der Waals surface area contributed by atoms with Gasteiger partial charge in [0.25, 0.3) is 0 Å². The highest BCUT2D eigenvalue weighted by Crippen LogP contribution is 2.44. The zero-order chi connectivity index (χ0) is 10.4. The van der Waals surface area contributed by atoms with Gasteiger partial charge in [0.05, 0.1) is 5.60 Å². The highest BCUT2D eigenvalue weighted by molar-refractivity contribution is 5.90. The first kappa shape index (κ1) is 9.71. The molecule has 1 aliphatic carbocycles. The molecule has 14 heavy (non-hydrogen) atoms. The highest BCUT2D eigenvalue weighted by Gasteiger charge is 2.47. The average molecular weight is 196 g/mol. The lowest BCUT2D eigenvalue weighted by Gasteiger charge is -2.38. The second kappa shape index (κ2) is 2.83. The molecule has 0 unspecified atom stereocenters. The molecule has 1 saturated heterocycles. The van der Waals surface area contributed by atoms with Crippen molar-refractivity contribution in [1.29, 1.82) is 0 Å². The molecule has 1 aliphatic heterocycles. The van der Waals surface area contributed by atoms with Crippen molar-refractivity contribution in [1.82, 2.24) is 0 Å². The van der Waals surface area contributed by atoms with E-state index in [-0.39, 0.29) is 11.6 Å². The summed E-state index contributed by atoms with van der Waals surface area (Å²) in [6.07, 6.45) is 3.55. The van der Waals surface area contributed by atoms with Crippen LogP contribution >= 0.6 is 0 Å². The molecule has 1 saturated carbocycles. The molecule has 0 amide bonds. The Balaban J connectivity index is 2.08. The van der Waals surface area contributed by atoms with Crippen molar-refractivity contribution in [3.8, 4) is 0 Å². The number of carbonyl (C=O) groups is 1. The van der Waals surface area contributed by atoms with Gasteiger partial charge in [0.15, 0.2) is 0 Å². The smallest absolute Gasteiger partial charge is 0.334 e. The Kier molecular flexibility index (Phi) is 1.96. The van der Waals surface area contributed by atoms with Crippen molar-refractivity contribution in [2.24, 2.45) is 0 Å². The number of hydrogen-bond donors (Lipinski definition) is 1. The lowest BCUT2D eigenvalue weighted by Crippen LogP contribution is -2.40. The first-order chi connectivity index (χ1) is 6.43. The van der Waals surface area contributed by atoms with Crippen LogP contribution in [0, 0.1) is 0 Å². The van der Waals surface area contributed by atoms with Crippen molar-refractivity contribution < 1.29 is 14.6 Å². The molecular weight excluding hydrogens is 180 g/mol. The molecule has 1 spiro atoms. The normalized spacial score (nSPS) is 43.0. The largest absolute Gasteiger partial charge is 0.455 e. The second-order valence-corrected chi connectivity index (χ2v) is 4.85. The molecule has 3 heteroatoms. The predicted octanol–water partition coefficient (Wildman–Crippen LogP) is 1.55. The molecule has 0 aromatic rings. The fourth-order valence-corrected chi connectivity index (χ4v) is 2.29. The van der Waals surface area contributed by atoms with E-state index in [1.807, 2.05) is 6.92 Å². The van der Waals surface area contributed by atoms with Crippen LogP contribution < -0.4 is 0 Å². The summed E-state index contributed by atoms with van der Waals surface area (Å²) >= 11 is 0. The zero-order valence-electron chi connectivity index (χ0n) is 8.51. The van der Waals surface area contributed by atoms with Gasteiger partial charge < -0.3 is 9.84 Å². The molecule has 78 valence electrons. The third-order valence-electron chi connectivity index (χ3n) is 3.37. The summed E-state index contributed by atoms with van der Waals surface area (Å²) in [6.45, 7) is 5.52. The third-order valence-corrected chi connectivity index (χ3v) is 3.37. The van der Waals surface area contributed by atoms with Gasteiger partial charge in [-0.2, -0.15) is 0 Å². The fourth-order valence-electron chi connectivity index (χ4n) is 2.29. The topological polar surface area (TPSA) is 46.5 Å². The first-order valence-corrected chi connectivity index (χ1v) is 5.06. The molecule has 1 N–H and O–H groups in total. The second-order valence-electron chi connectivity index (χ2n) is 4.85. The maximum absolute atomic E-state index is 11.2. The van der Waals surface area contributed by atoms with E-state index in [2.05, 4.69) is 6.58 Å². The summed E-state index contributed by atoms with van der Waals surface area (Å²) in [5, 5.41) is 9.79. The van der Waals surface area contributed by atoms with E-state index in [0.29, 0.717) is 24.8 Å². The molecule has 3 nitrogen and oxygen atoms in total. The lowest BCUT2D eigenvalue weighted by molar-refractivity contribution is -0.153. The monoisotopic (exact) mass is 196 g/mol. The summed E-state index contributed by atoms with van der Waals surface area (Å²) in [4.78, 5) is 11.2. The number of esters is 1. The number of rotatable bonds is 0. The molecule has 0 aromatic carbocycles. The molecule has 2 rings (SSSR count). The van der Waals surface area contributed by atoms with Crippen molar-refractivity contribution in [3.63, 3.8) is 0 Å². The Morgan fingerprint density at radius 2 is 1.93 bits per heavy atom. The van der Waals surface area contributed by atoms with E-state index in [1.165, 1.54) is 0 Å². The molecular formula is C11H16O3. The minimum absolute atomic E-state index is 0.258. The maximum atomic E-state index is 11.2. The van der Waals surface area contributed by atoms with Gasteiger partial charge in [-0.3, -0.25) is 0 Å². The predicted molar refractivity (Wildman–Crippen MR) is 51.7 cm³/mol. The van der Waals surface area contributed by atoms with Gasteiger partial charge in [0, 0.05) is 12.0 Å². The van der Waals surface area contributed by atoms with Gasteiger partial charge in [-0.25, -0.2) is 4.79 Å². The quantitative estimate of drug-likeness (QED) is 0.472. The summed E-state index contributed by atoms with van der Waals surface area (Å²) in [7, 11) is 0. The summed E-state index contributed by atoms with van der Waals surface area (Å²) < 4.78 is 5.35. The van der Waals surface area contributed by atoms with Crippen LogP contribution in [0.1, 0.15) is 39.0 Å². The van der Waals surface area contributed by atoms with Crippen molar-refractivity contribution in [3.05, 3.63) is 12.2 Å². The Labute approximate surface area is 83.8 Å². The van der Waals surface area contributed by atoms with Crippen LogP contribution in [0.25, 0.3) is 0 Å². The van der Waals surface area contributed by atoms with E-state index >= 15 is 0 Å². The van der Waals surface area contributed by atoms with E-state index < -0.39 is 5.60 Å². The SMILES string of the molecule is C=C1CC2(CCC(C)(O)CC2)OC1=O. The van der Waals surface area contributed by atoms with E-state index in [4.69, 9.17) is 4.74 Å². The van der Waals surface area contributed by atoms with E-state index in [9.17, 15) is 9.90 Å². The number of ether oxygens (including phenoxy) is 1. The van der Waals surface area contributed by atoms with Gasteiger partial charge in [-0.15, -0.1) is 0 Å². The number of hydrogen-bond acceptors (Lipinski definition) is 3. The minimum atomic E-state index is -0.582. The van der Waals surface area contributed by atoms with Gasteiger partial charge >= 0.3 is 5.97 Å². The number of carbonyl (C=O) groups excluding carboxylic acids is 1. The minimum Gasteiger partial charge on any atom is -0.455 e. The maximum Gasteiger partial charge on any atom is 0.334 e. The Morgan fingerprint density at radius 1 is 1.36 bits per heavy atom. The number of aliphatic hydroxyl groups is 1. The first-order valence-electron chi connectivity index (χ1n) is 5.06. The van der Waals surface area contributed by atoms with Crippen LogP contribution in [0.3, 0.4) is 0 Å². The van der Waals surface area contributed by atoms with E-state index in [1.54, 1.807) is 0 Å². The van der Waals surface area contributed by atoms with Crippen LogP contribution in [-0.2, 0) is 9.53 Å². The van der Waals surface area contributed by atoms with Crippen molar-refractivity contribution >= 4 is 5.97 Å². The van der Waals surface area contributed by atoms with Crippen LogP contribution in [0.4, 0.5) is 0 Å². The summed E-state index contributed by atoms with van der Waals surface area (Å²) in [5.41, 5.74) is -0.343. The van der Waals surface area contributed by atoms with Crippen molar-refractivity contribution in [2.45, 2.75) is 50.2 Å². The molecule has 2 aliphatic rings. The van der Waals surface area contributed by atoms with Crippen LogP contribution in [0.15, 0.2) is 12.2 Å². The Morgan fingerprint density at radius 3 is 2.36 bits per heavy atom. The molecule has 0 atom stereocenters. The van der Waals surface area contributed by atoms with Gasteiger partial charge in [0.2, 0.25) is 0 Å². The molecule has 1 heterocycles. The standard InChI is InChI=1S/C11H16O3/c1-8-7-11(14-9(8)12)5-3-10(2,13)4-6-11/h13H,1,3-7H2,2H3.